The third-order valence-corrected chi connectivity index (χ3v) is 4.19. The molecule has 106 valence electrons. The standard InChI is InChI=1S/C16H26N2O/c1-4-8-18-16-7-6-15(12(16)3)13-9-14(19-5-2)11-17-10-13/h9-12,15-16,18H,4-8H2,1-3H3. The second-order valence-electron chi connectivity index (χ2n) is 5.49. The smallest absolute Gasteiger partial charge is 0.137 e. The molecule has 0 bridgehead atoms. The van der Waals surface area contributed by atoms with Gasteiger partial charge in [0.25, 0.3) is 0 Å². The monoisotopic (exact) mass is 262 g/mol. The lowest BCUT2D eigenvalue weighted by molar-refractivity contribution is 0.337. The number of hydrogen-bond acceptors (Lipinski definition) is 3. The van der Waals surface area contributed by atoms with Crippen molar-refractivity contribution >= 4 is 0 Å². The molecular formula is C16H26N2O. The van der Waals surface area contributed by atoms with E-state index in [1.807, 2.05) is 13.1 Å². The largest absolute Gasteiger partial charge is 0.492 e. The first-order chi connectivity index (χ1) is 9.26. The Balaban J connectivity index is 2.04. The van der Waals surface area contributed by atoms with E-state index in [1.54, 1.807) is 6.20 Å². The maximum atomic E-state index is 5.55. The molecule has 1 aliphatic carbocycles. The topological polar surface area (TPSA) is 34.2 Å². The molecule has 3 nitrogen and oxygen atoms in total. The Morgan fingerprint density at radius 2 is 2.16 bits per heavy atom. The first-order valence-corrected chi connectivity index (χ1v) is 7.57. The Bertz CT molecular complexity index is 394. The van der Waals surface area contributed by atoms with E-state index >= 15 is 0 Å². The molecule has 1 heterocycles. The van der Waals surface area contributed by atoms with E-state index in [2.05, 4.69) is 30.2 Å². The zero-order valence-electron chi connectivity index (χ0n) is 12.4. The quantitative estimate of drug-likeness (QED) is 0.853. The van der Waals surface area contributed by atoms with E-state index in [0.717, 1.165) is 12.3 Å². The Morgan fingerprint density at radius 1 is 1.32 bits per heavy atom. The van der Waals surface area contributed by atoms with E-state index in [9.17, 15) is 0 Å². The maximum absolute atomic E-state index is 5.55. The number of nitrogens with zero attached hydrogens (tertiary/aromatic N) is 1. The normalized spacial score (nSPS) is 26.6. The molecular weight excluding hydrogens is 236 g/mol. The number of ether oxygens (including phenoxy) is 1. The summed E-state index contributed by atoms with van der Waals surface area (Å²) >= 11 is 0. The van der Waals surface area contributed by atoms with Crippen molar-refractivity contribution in [1.29, 1.82) is 0 Å². The van der Waals surface area contributed by atoms with Gasteiger partial charge in [-0.1, -0.05) is 13.8 Å². The summed E-state index contributed by atoms with van der Waals surface area (Å²) in [6, 6.07) is 2.82. The number of nitrogens with one attached hydrogen (secondary N) is 1. The van der Waals surface area contributed by atoms with Gasteiger partial charge in [0.05, 0.1) is 12.8 Å². The average molecular weight is 262 g/mol. The van der Waals surface area contributed by atoms with Crippen LogP contribution in [0.25, 0.3) is 0 Å². The number of hydrogen-bond donors (Lipinski definition) is 1. The Morgan fingerprint density at radius 3 is 2.89 bits per heavy atom. The Hall–Kier alpha value is -1.09. The van der Waals surface area contributed by atoms with Crippen LogP contribution in [-0.2, 0) is 0 Å². The lowest BCUT2D eigenvalue weighted by Crippen LogP contribution is -2.32. The highest BCUT2D eigenvalue weighted by Crippen LogP contribution is 2.40. The molecule has 0 amide bonds. The SMILES string of the molecule is CCCNC1CCC(c2cncc(OCC)c2)C1C. The zero-order chi connectivity index (χ0) is 13.7. The molecule has 3 heteroatoms. The van der Waals surface area contributed by atoms with Gasteiger partial charge in [-0.15, -0.1) is 0 Å². The van der Waals surface area contributed by atoms with Crippen LogP contribution in [0, 0.1) is 5.92 Å². The lowest BCUT2D eigenvalue weighted by Gasteiger charge is -2.22. The molecule has 0 radical (unpaired) electrons. The molecule has 1 N–H and O–H groups in total. The fraction of sp³-hybridized carbons (Fsp3) is 0.688. The Labute approximate surface area is 116 Å². The third-order valence-electron chi connectivity index (χ3n) is 4.19. The van der Waals surface area contributed by atoms with Gasteiger partial charge in [0.2, 0.25) is 0 Å². The minimum Gasteiger partial charge on any atom is -0.492 e. The number of aromatic nitrogens is 1. The summed E-state index contributed by atoms with van der Waals surface area (Å²) in [6.07, 6.45) is 7.53. The van der Waals surface area contributed by atoms with Gasteiger partial charge in [0.15, 0.2) is 0 Å². The summed E-state index contributed by atoms with van der Waals surface area (Å²) in [7, 11) is 0. The summed E-state index contributed by atoms with van der Waals surface area (Å²) < 4.78 is 5.55. The molecule has 1 aromatic heterocycles. The van der Waals surface area contributed by atoms with Crippen molar-refractivity contribution in [3.63, 3.8) is 0 Å². The molecule has 0 aromatic carbocycles. The molecule has 2 rings (SSSR count). The molecule has 1 aromatic rings. The van der Waals surface area contributed by atoms with Gasteiger partial charge < -0.3 is 10.1 Å². The van der Waals surface area contributed by atoms with Crippen molar-refractivity contribution in [3.8, 4) is 5.75 Å². The Kier molecular flexibility index (Phi) is 5.20. The summed E-state index contributed by atoms with van der Waals surface area (Å²) in [5.74, 6) is 2.18. The van der Waals surface area contributed by atoms with Crippen LogP contribution in [-0.4, -0.2) is 24.2 Å². The van der Waals surface area contributed by atoms with E-state index < -0.39 is 0 Å². The van der Waals surface area contributed by atoms with Gasteiger partial charge in [-0.3, -0.25) is 4.98 Å². The van der Waals surface area contributed by atoms with Crippen LogP contribution in [0.1, 0.15) is 51.5 Å². The summed E-state index contributed by atoms with van der Waals surface area (Å²) in [5, 5.41) is 3.67. The van der Waals surface area contributed by atoms with E-state index in [4.69, 9.17) is 4.74 Å². The molecule has 0 aliphatic heterocycles. The van der Waals surface area contributed by atoms with Crippen molar-refractivity contribution in [2.45, 2.75) is 52.0 Å². The van der Waals surface area contributed by atoms with Gasteiger partial charge in [0, 0.05) is 12.2 Å². The van der Waals surface area contributed by atoms with Crippen molar-refractivity contribution in [1.82, 2.24) is 10.3 Å². The van der Waals surface area contributed by atoms with Crippen LogP contribution in [0.15, 0.2) is 18.5 Å². The van der Waals surface area contributed by atoms with Crippen LogP contribution < -0.4 is 10.1 Å². The van der Waals surface area contributed by atoms with Crippen LogP contribution in [0.5, 0.6) is 5.75 Å². The van der Waals surface area contributed by atoms with Gasteiger partial charge in [0.1, 0.15) is 5.75 Å². The minimum absolute atomic E-state index is 0.613. The van der Waals surface area contributed by atoms with E-state index in [1.165, 1.54) is 24.8 Å². The van der Waals surface area contributed by atoms with Gasteiger partial charge in [-0.05, 0) is 56.2 Å². The molecule has 1 aliphatic rings. The van der Waals surface area contributed by atoms with E-state index in [-0.39, 0.29) is 0 Å². The van der Waals surface area contributed by atoms with Crippen LogP contribution >= 0.6 is 0 Å². The van der Waals surface area contributed by atoms with Crippen molar-refractivity contribution in [3.05, 3.63) is 24.0 Å². The molecule has 0 spiro atoms. The lowest BCUT2D eigenvalue weighted by atomic mass is 9.90. The predicted octanol–water partition coefficient (Wildman–Crippen LogP) is 3.36. The number of rotatable bonds is 6. The zero-order valence-corrected chi connectivity index (χ0v) is 12.4. The fourth-order valence-electron chi connectivity index (χ4n) is 3.14. The second-order valence-corrected chi connectivity index (χ2v) is 5.49. The second kappa shape index (κ2) is 6.90. The third kappa shape index (κ3) is 3.47. The van der Waals surface area contributed by atoms with Crippen molar-refractivity contribution in [2.24, 2.45) is 5.92 Å². The predicted molar refractivity (Wildman–Crippen MR) is 78.6 cm³/mol. The molecule has 19 heavy (non-hydrogen) atoms. The fourth-order valence-corrected chi connectivity index (χ4v) is 3.14. The molecule has 1 fully saturated rings. The highest BCUT2D eigenvalue weighted by molar-refractivity contribution is 5.28. The van der Waals surface area contributed by atoms with Gasteiger partial charge >= 0.3 is 0 Å². The first kappa shape index (κ1) is 14.3. The van der Waals surface area contributed by atoms with Crippen LogP contribution in [0.3, 0.4) is 0 Å². The molecule has 0 saturated heterocycles. The van der Waals surface area contributed by atoms with Crippen LogP contribution in [0.4, 0.5) is 0 Å². The maximum Gasteiger partial charge on any atom is 0.137 e. The highest BCUT2D eigenvalue weighted by atomic mass is 16.5. The first-order valence-electron chi connectivity index (χ1n) is 7.57. The number of pyridine rings is 1. The van der Waals surface area contributed by atoms with Crippen molar-refractivity contribution < 1.29 is 4.74 Å². The van der Waals surface area contributed by atoms with E-state index in [0.29, 0.717) is 24.5 Å². The highest BCUT2D eigenvalue weighted by Gasteiger charge is 2.33. The molecule has 3 unspecified atom stereocenters. The van der Waals surface area contributed by atoms with Crippen molar-refractivity contribution in [2.75, 3.05) is 13.2 Å². The van der Waals surface area contributed by atoms with Gasteiger partial charge in [-0.2, -0.15) is 0 Å². The summed E-state index contributed by atoms with van der Waals surface area (Å²) in [4.78, 5) is 4.32. The summed E-state index contributed by atoms with van der Waals surface area (Å²) in [5.41, 5.74) is 1.33. The van der Waals surface area contributed by atoms with Gasteiger partial charge in [-0.25, -0.2) is 0 Å². The molecule has 1 saturated carbocycles. The molecule has 3 atom stereocenters. The average Bonchev–Trinajstić information content (AvgIpc) is 2.78. The summed E-state index contributed by atoms with van der Waals surface area (Å²) in [6.45, 7) is 8.42. The minimum atomic E-state index is 0.613. The van der Waals surface area contributed by atoms with Crippen LogP contribution in [0.2, 0.25) is 0 Å².